The van der Waals surface area contributed by atoms with Crippen molar-refractivity contribution in [3.05, 3.63) is 34.9 Å². The van der Waals surface area contributed by atoms with Crippen LogP contribution in [0.25, 0.3) is 0 Å². The Morgan fingerprint density at radius 2 is 1.53 bits per heavy atom. The minimum absolute atomic E-state index is 0.338. The zero-order valence-electron chi connectivity index (χ0n) is 13.8. The predicted molar refractivity (Wildman–Crippen MR) is 89.0 cm³/mol. The molecule has 1 rings (SSSR count). The number of halogens is 1. The molecule has 0 bridgehead atoms. The van der Waals surface area contributed by atoms with Crippen molar-refractivity contribution in [3.63, 3.8) is 0 Å². The van der Waals surface area contributed by atoms with Crippen LogP contribution in [0.3, 0.4) is 0 Å². The Balaban J connectivity index is 0.000000399. The fourth-order valence-corrected chi connectivity index (χ4v) is 2.22. The smallest absolute Gasteiger partial charge is 0.0408 e. The fraction of sp³-hybridized carbons (Fsp3) is 0.667. The Morgan fingerprint density at radius 1 is 0.947 bits per heavy atom. The second kappa shape index (κ2) is 7.94. The van der Waals surface area contributed by atoms with Gasteiger partial charge in [0.15, 0.2) is 0 Å². The molecule has 0 aliphatic heterocycles. The quantitative estimate of drug-likeness (QED) is 0.562. The molecular formula is C18H31Cl. The number of hydrogen-bond acceptors (Lipinski definition) is 0. The van der Waals surface area contributed by atoms with Crippen molar-refractivity contribution in [2.24, 2.45) is 10.8 Å². The fourth-order valence-electron chi connectivity index (χ4n) is 2.01. The van der Waals surface area contributed by atoms with Crippen molar-refractivity contribution in [1.82, 2.24) is 0 Å². The highest BCUT2D eigenvalue weighted by Gasteiger charge is 2.10. The maximum Gasteiger partial charge on any atom is 0.0408 e. The van der Waals surface area contributed by atoms with Crippen LogP contribution in [0.15, 0.2) is 24.3 Å². The van der Waals surface area contributed by atoms with Gasteiger partial charge in [-0.3, -0.25) is 0 Å². The van der Waals surface area contributed by atoms with E-state index in [9.17, 15) is 0 Å². The SMILES string of the molecule is CC(C)(C)Cc1cccc(Cl)c1.CCCC(C)(C)C. The normalized spacial score (nSPS) is 11.8. The van der Waals surface area contributed by atoms with Crippen molar-refractivity contribution in [3.8, 4) is 0 Å². The van der Waals surface area contributed by atoms with Gasteiger partial charge in [-0.05, 0) is 41.4 Å². The molecule has 0 unspecified atom stereocenters. The van der Waals surface area contributed by atoms with Gasteiger partial charge in [0.2, 0.25) is 0 Å². The summed E-state index contributed by atoms with van der Waals surface area (Å²) in [7, 11) is 0. The summed E-state index contributed by atoms with van der Waals surface area (Å²) in [5.41, 5.74) is 2.20. The van der Waals surface area contributed by atoms with Crippen LogP contribution in [-0.2, 0) is 6.42 Å². The second-order valence-corrected chi connectivity index (χ2v) is 8.11. The van der Waals surface area contributed by atoms with Crippen LogP contribution < -0.4 is 0 Å². The Kier molecular flexibility index (Phi) is 7.74. The lowest BCUT2D eigenvalue weighted by atomic mass is 9.88. The monoisotopic (exact) mass is 282 g/mol. The summed E-state index contributed by atoms with van der Waals surface area (Å²) in [4.78, 5) is 0. The van der Waals surface area contributed by atoms with Crippen LogP contribution in [0.4, 0.5) is 0 Å². The van der Waals surface area contributed by atoms with Crippen LogP contribution in [0.2, 0.25) is 5.02 Å². The summed E-state index contributed by atoms with van der Waals surface area (Å²) in [6.45, 7) is 15.7. The van der Waals surface area contributed by atoms with Crippen LogP contribution in [0.5, 0.6) is 0 Å². The first-order valence-corrected chi connectivity index (χ1v) is 7.66. The van der Waals surface area contributed by atoms with Crippen LogP contribution in [-0.4, -0.2) is 0 Å². The topological polar surface area (TPSA) is 0 Å². The van der Waals surface area contributed by atoms with E-state index in [4.69, 9.17) is 11.6 Å². The molecule has 0 atom stereocenters. The summed E-state index contributed by atoms with van der Waals surface area (Å²) in [6, 6.07) is 8.07. The molecule has 0 spiro atoms. The van der Waals surface area contributed by atoms with E-state index in [0.29, 0.717) is 10.8 Å². The highest BCUT2D eigenvalue weighted by Crippen LogP contribution is 2.22. The standard InChI is InChI=1S/C11H15Cl.C7H16/c1-11(2,3)8-9-5-4-6-10(12)7-9;1-5-6-7(2,3)4/h4-7H,8H2,1-3H3;5-6H2,1-4H3. The average molecular weight is 283 g/mol. The van der Waals surface area contributed by atoms with Gasteiger partial charge in [-0.2, -0.15) is 0 Å². The molecule has 1 heteroatoms. The molecule has 1 aromatic carbocycles. The lowest BCUT2D eigenvalue weighted by molar-refractivity contribution is 0.373. The molecule has 0 fully saturated rings. The van der Waals surface area contributed by atoms with E-state index in [1.54, 1.807) is 0 Å². The first kappa shape index (κ1) is 18.5. The Hall–Kier alpha value is -0.490. The van der Waals surface area contributed by atoms with Gasteiger partial charge in [0.1, 0.15) is 0 Å². The third kappa shape index (κ3) is 12.3. The second-order valence-electron chi connectivity index (χ2n) is 7.68. The molecule has 1 aromatic rings. The summed E-state index contributed by atoms with van der Waals surface area (Å²) in [6.07, 6.45) is 3.73. The van der Waals surface area contributed by atoms with E-state index in [1.165, 1.54) is 18.4 Å². The first-order chi connectivity index (χ1) is 8.53. The highest BCUT2D eigenvalue weighted by molar-refractivity contribution is 6.30. The zero-order valence-corrected chi connectivity index (χ0v) is 14.6. The Bertz CT molecular complexity index is 353. The van der Waals surface area contributed by atoms with Gasteiger partial charge in [0, 0.05) is 5.02 Å². The van der Waals surface area contributed by atoms with Crippen LogP contribution in [0.1, 0.15) is 66.9 Å². The molecule has 19 heavy (non-hydrogen) atoms. The minimum Gasteiger partial charge on any atom is -0.0843 e. The minimum atomic E-state index is 0.338. The highest BCUT2D eigenvalue weighted by atomic mass is 35.5. The van der Waals surface area contributed by atoms with E-state index < -0.39 is 0 Å². The maximum atomic E-state index is 5.87. The third-order valence-corrected chi connectivity index (χ3v) is 2.86. The van der Waals surface area contributed by atoms with Crippen LogP contribution >= 0.6 is 11.6 Å². The molecule has 0 aliphatic carbocycles. The van der Waals surface area contributed by atoms with Gasteiger partial charge in [-0.15, -0.1) is 0 Å². The van der Waals surface area contributed by atoms with E-state index in [2.05, 4.69) is 54.5 Å². The van der Waals surface area contributed by atoms with Crippen molar-refractivity contribution in [2.75, 3.05) is 0 Å². The lowest BCUT2D eigenvalue weighted by Gasteiger charge is -2.17. The summed E-state index contributed by atoms with van der Waals surface area (Å²) in [5.74, 6) is 0. The van der Waals surface area contributed by atoms with Crippen LogP contribution in [0, 0.1) is 10.8 Å². The number of rotatable bonds is 2. The van der Waals surface area contributed by atoms with Gasteiger partial charge in [-0.1, -0.05) is 78.6 Å². The molecule has 0 heterocycles. The molecule has 0 amide bonds. The molecular weight excluding hydrogens is 252 g/mol. The molecule has 0 N–H and O–H groups in total. The summed E-state index contributed by atoms with van der Waals surface area (Å²) in [5, 5.41) is 0.830. The van der Waals surface area contributed by atoms with Crippen molar-refractivity contribution >= 4 is 11.6 Å². The molecule has 0 saturated carbocycles. The van der Waals surface area contributed by atoms with E-state index in [-0.39, 0.29) is 0 Å². The van der Waals surface area contributed by atoms with Gasteiger partial charge >= 0.3 is 0 Å². The molecule has 0 radical (unpaired) electrons. The lowest BCUT2D eigenvalue weighted by Crippen LogP contribution is -2.08. The molecule has 0 nitrogen and oxygen atoms in total. The van der Waals surface area contributed by atoms with Crippen molar-refractivity contribution < 1.29 is 0 Å². The third-order valence-electron chi connectivity index (χ3n) is 2.62. The van der Waals surface area contributed by atoms with E-state index in [0.717, 1.165) is 11.4 Å². The largest absolute Gasteiger partial charge is 0.0843 e. The van der Waals surface area contributed by atoms with Gasteiger partial charge in [0.25, 0.3) is 0 Å². The number of benzene rings is 1. The van der Waals surface area contributed by atoms with Crippen molar-refractivity contribution in [1.29, 1.82) is 0 Å². The maximum absolute atomic E-state index is 5.87. The van der Waals surface area contributed by atoms with Gasteiger partial charge in [0.05, 0.1) is 0 Å². The van der Waals surface area contributed by atoms with E-state index in [1.807, 2.05) is 18.2 Å². The summed E-state index contributed by atoms with van der Waals surface area (Å²) >= 11 is 5.87. The van der Waals surface area contributed by atoms with Gasteiger partial charge in [-0.25, -0.2) is 0 Å². The Morgan fingerprint density at radius 3 is 1.84 bits per heavy atom. The molecule has 110 valence electrons. The van der Waals surface area contributed by atoms with E-state index >= 15 is 0 Å². The first-order valence-electron chi connectivity index (χ1n) is 7.28. The Labute approximate surface area is 125 Å². The predicted octanol–water partition coefficient (Wildman–Crippen LogP) is 6.76. The average Bonchev–Trinajstić information content (AvgIpc) is 2.13. The molecule has 0 saturated heterocycles. The molecule has 0 aliphatic rings. The van der Waals surface area contributed by atoms with Crippen molar-refractivity contribution in [2.45, 2.75) is 67.7 Å². The summed E-state index contributed by atoms with van der Waals surface area (Å²) < 4.78 is 0. The zero-order chi connectivity index (χ0) is 15.1. The number of hydrogen-bond donors (Lipinski definition) is 0. The molecule has 0 aromatic heterocycles. The van der Waals surface area contributed by atoms with Gasteiger partial charge < -0.3 is 0 Å².